The molecular formula is C22H32N4O5. The van der Waals surface area contributed by atoms with Crippen molar-refractivity contribution in [1.82, 2.24) is 19.4 Å². The van der Waals surface area contributed by atoms with E-state index in [0.717, 1.165) is 30.5 Å². The number of ether oxygens (including phenoxy) is 2. The molecule has 0 saturated carbocycles. The topological polar surface area (TPSA) is 94.8 Å². The molecule has 0 spiro atoms. The lowest BCUT2D eigenvalue weighted by molar-refractivity contribution is 0.0478. The predicted octanol–water partition coefficient (Wildman–Crippen LogP) is 1.70. The fourth-order valence-electron chi connectivity index (χ4n) is 3.83. The van der Waals surface area contributed by atoms with Gasteiger partial charge in [-0.25, -0.2) is 9.59 Å². The van der Waals surface area contributed by atoms with Gasteiger partial charge >= 0.3 is 11.8 Å². The molecular weight excluding hydrogens is 400 g/mol. The summed E-state index contributed by atoms with van der Waals surface area (Å²) in [5.41, 5.74) is -0.590. The highest BCUT2D eigenvalue weighted by molar-refractivity contribution is 5.79. The van der Waals surface area contributed by atoms with Gasteiger partial charge in [-0.1, -0.05) is 0 Å². The second-order valence-corrected chi connectivity index (χ2v) is 8.94. The number of nitrogens with zero attached hydrogens (tertiary/aromatic N) is 3. The van der Waals surface area contributed by atoms with Crippen LogP contribution < -0.4 is 21.3 Å². The number of piperidine rings is 1. The van der Waals surface area contributed by atoms with Gasteiger partial charge in [-0.05, 0) is 45.7 Å². The van der Waals surface area contributed by atoms with E-state index in [9.17, 15) is 14.4 Å². The van der Waals surface area contributed by atoms with Gasteiger partial charge in [-0.15, -0.1) is 0 Å². The molecule has 1 saturated heterocycles. The molecule has 170 valence electrons. The molecule has 9 nitrogen and oxygen atoms in total. The van der Waals surface area contributed by atoms with Crippen molar-refractivity contribution in [2.24, 2.45) is 7.05 Å². The Labute approximate surface area is 181 Å². The smallest absolute Gasteiger partial charge is 0.407 e. The first-order valence-electron chi connectivity index (χ1n) is 10.6. The molecule has 1 aliphatic heterocycles. The zero-order chi connectivity index (χ0) is 22.8. The third-order valence-corrected chi connectivity index (χ3v) is 5.50. The molecule has 3 rings (SSSR count). The summed E-state index contributed by atoms with van der Waals surface area (Å²) in [6, 6.07) is 5.23. The van der Waals surface area contributed by atoms with E-state index in [1.807, 2.05) is 20.8 Å². The van der Waals surface area contributed by atoms with E-state index in [1.54, 1.807) is 29.9 Å². The summed E-state index contributed by atoms with van der Waals surface area (Å²) in [7, 11) is 3.05. The number of hydrogen-bond acceptors (Lipinski definition) is 6. The Kier molecular flexibility index (Phi) is 6.74. The maximum atomic E-state index is 12.8. The Hall–Kier alpha value is -2.81. The first-order valence-corrected chi connectivity index (χ1v) is 10.6. The summed E-state index contributed by atoms with van der Waals surface area (Å²) in [6.45, 7) is 8.27. The number of rotatable bonds is 5. The maximum Gasteiger partial charge on any atom is 0.407 e. The third kappa shape index (κ3) is 5.46. The zero-order valence-corrected chi connectivity index (χ0v) is 18.9. The molecule has 0 unspecified atom stereocenters. The van der Waals surface area contributed by atoms with Gasteiger partial charge in [0.25, 0.3) is 5.56 Å². The van der Waals surface area contributed by atoms with Crippen LogP contribution in [-0.2, 0) is 18.3 Å². The minimum absolute atomic E-state index is 0.0801. The molecule has 1 aromatic heterocycles. The van der Waals surface area contributed by atoms with Crippen LogP contribution in [-0.4, -0.2) is 58.5 Å². The summed E-state index contributed by atoms with van der Waals surface area (Å²) in [5.74, 6) is 0.600. The number of hydrogen-bond donors (Lipinski definition) is 1. The molecule has 1 fully saturated rings. The van der Waals surface area contributed by atoms with Crippen LogP contribution in [0, 0.1) is 0 Å². The minimum Gasteiger partial charge on any atom is -0.497 e. The number of likely N-dealkylation sites (tertiary alicyclic amines) is 1. The van der Waals surface area contributed by atoms with Crippen LogP contribution in [0.4, 0.5) is 4.79 Å². The quantitative estimate of drug-likeness (QED) is 0.773. The highest BCUT2D eigenvalue weighted by atomic mass is 16.6. The van der Waals surface area contributed by atoms with Gasteiger partial charge in [0.05, 0.1) is 18.0 Å². The number of carbonyl (C=O) groups excluding carboxylic acids is 1. The van der Waals surface area contributed by atoms with Gasteiger partial charge < -0.3 is 19.7 Å². The number of methoxy groups -OCH3 is 1. The van der Waals surface area contributed by atoms with E-state index in [4.69, 9.17) is 9.47 Å². The van der Waals surface area contributed by atoms with Crippen molar-refractivity contribution in [3.63, 3.8) is 0 Å². The van der Waals surface area contributed by atoms with Crippen LogP contribution in [0.2, 0.25) is 0 Å². The van der Waals surface area contributed by atoms with E-state index in [0.29, 0.717) is 29.7 Å². The lowest BCUT2D eigenvalue weighted by Crippen LogP contribution is -2.47. The molecule has 2 aromatic rings. The Bertz CT molecular complexity index is 1060. The highest BCUT2D eigenvalue weighted by Crippen LogP contribution is 2.18. The summed E-state index contributed by atoms with van der Waals surface area (Å²) in [5, 5.41) is 3.42. The second-order valence-electron chi connectivity index (χ2n) is 8.94. The molecule has 0 radical (unpaired) electrons. The zero-order valence-electron chi connectivity index (χ0n) is 18.9. The Balaban J connectivity index is 1.66. The van der Waals surface area contributed by atoms with Crippen molar-refractivity contribution < 1.29 is 14.3 Å². The van der Waals surface area contributed by atoms with Crippen LogP contribution in [0.25, 0.3) is 10.9 Å². The molecule has 1 aliphatic rings. The Morgan fingerprint density at radius 1 is 1.16 bits per heavy atom. The molecule has 1 amide bonds. The molecule has 2 heterocycles. The highest BCUT2D eigenvalue weighted by Gasteiger charge is 2.24. The van der Waals surface area contributed by atoms with Crippen molar-refractivity contribution >= 4 is 17.0 Å². The van der Waals surface area contributed by atoms with E-state index in [-0.39, 0.29) is 23.4 Å². The van der Waals surface area contributed by atoms with Gasteiger partial charge in [-0.3, -0.25) is 13.9 Å². The normalized spacial score (nSPS) is 15.8. The summed E-state index contributed by atoms with van der Waals surface area (Å²) < 4.78 is 13.4. The van der Waals surface area contributed by atoms with Gasteiger partial charge in [0.1, 0.15) is 11.4 Å². The Morgan fingerprint density at radius 3 is 2.45 bits per heavy atom. The van der Waals surface area contributed by atoms with Crippen LogP contribution in [0.5, 0.6) is 5.75 Å². The molecule has 1 N–H and O–H groups in total. The van der Waals surface area contributed by atoms with Crippen LogP contribution in [0.15, 0.2) is 27.8 Å². The fourth-order valence-corrected chi connectivity index (χ4v) is 3.83. The monoisotopic (exact) mass is 432 g/mol. The molecule has 1 aromatic carbocycles. The van der Waals surface area contributed by atoms with E-state index in [1.165, 1.54) is 7.05 Å². The minimum atomic E-state index is -0.515. The van der Waals surface area contributed by atoms with Crippen LogP contribution >= 0.6 is 0 Å². The van der Waals surface area contributed by atoms with Gasteiger partial charge in [0.2, 0.25) is 0 Å². The number of nitrogens with one attached hydrogen (secondary N) is 1. The molecule has 0 atom stereocenters. The van der Waals surface area contributed by atoms with Crippen molar-refractivity contribution in [3.05, 3.63) is 39.0 Å². The number of benzene rings is 1. The van der Waals surface area contributed by atoms with E-state index < -0.39 is 5.60 Å². The Morgan fingerprint density at radius 2 is 1.84 bits per heavy atom. The average molecular weight is 433 g/mol. The molecule has 0 aliphatic carbocycles. The molecule has 0 bridgehead atoms. The first kappa shape index (κ1) is 22.9. The number of amides is 1. The standard InChI is InChI=1S/C22H32N4O5/c1-22(2,3)31-20(28)23-15-8-10-25(11-9-15)12-13-26-18-14-16(30-5)6-7-17(18)19(27)24(4)21(26)29/h6-7,14-15H,8-13H2,1-5H3,(H,23,28). The summed E-state index contributed by atoms with van der Waals surface area (Å²) >= 11 is 0. The number of carbonyl (C=O) groups is 1. The van der Waals surface area contributed by atoms with Gasteiger partial charge in [0.15, 0.2) is 0 Å². The van der Waals surface area contributed by atoms with Gasteiger partial charge in [-0.2, -0.15) is 0 Å². The average Bonchev–Trinajstić information content (AvgIpc) is 2.71. The summed E-state index contributed by atoms with van der Waals surface area (Å²) in [6.07, 6.45) is 1.24. The van der Waals surface area contributed by atoms with Crippen molar-refractivity contribution in [2.45, 2.75) is 51.8 Å². The lowest BCUT2D eigenvalue weighted by atomic mass is 10.1. The summed E-state index contributed by atoms with van der Waals surface area (Å²) in [4.78, 5) is 39.5. The largest absolute Gasteiger partial charge is 0.497 e. The fraction of sp³-hybridized carbons (Fsp3) is 0.591. The van der Waals surface area contributed by atoms with Crippen molar-refractivity contribution in [3.8, 4) is 5.75 Å². The number of fused-ring (bicyclic) bond motifs is 1. The first-order chi connectivity index (χ1) is 14.6. The lowest BCUT2D eigenvalue weighted by Gasteiger charge is -2.33. The number of alkyl carbamates (subject to hydrolysis) is 1. The van der Waals surface area contributed by atoms with Crippen LogP contribution in [0.3, 0.4) is 0 Å². The molecule has 9 heteroatoms. The van der Waals surface area contributed by atoms with Crippen molar-refractivity contribution in [1.29, 1.82) is 0 Å². The van der Waals surface area contributed by atoms with E-state index in [2.05, 4.69) is 10.2 Å². The van der Waals surface area contributed by atoms with Crippen LogP contribution in [0.1, 0.15) is 33.6 Å². The SMILES string of the molecule is COc1ccc2c(=O)n(C)c(=O)n(CCN3CCC(NC(=O)OC(C)(C)C)CC3)c2c1. The van der Waals surface area contributed by atoms with E-state index >= 15 is 0 Å². The number of aromatic nitrogens is 2. The third-order valence-electron chi connectivity index (χ3n) is 5.50. The second kappa shape index (κ2) is 9.13. The molecule has 31 heavy (non-hydrogen) atoms. The predicted molar refractivity (Wildman–Crippen MR) is 119 cm³/mol. The van der Waals surface area contributed by atoms with Crippen molar-refractivity contribution in [2.75, 3.05) is 26.7 Å². The maximum absolute atomic E-state index is 12.8. The van der Waals surface area contributed by atoms with Gasteiger partial charge in [0, 0.05) is 45.3 Å².